The van der Waals surface area contributed by atoms with Crippen LogP contribution < -0.4 is 5.73 Å². The highest BCUT2D eigenvalue weighted by Gasteiger charge is 2.30. The first-order valence-corrected chi connectivity index (χ1v) is 9.38. The maximum Gasteiger partial charge on any atom is 0.152 e. The Labute approximate surface area is 121 Å². The van der Waals surface area contributed by atoms with Crippen molar-refractivity contribution in [2.24, 2.45) is 0 Å². The van der Waals surface area contributed by atoms with Gasteiger partial charge in [0.15, 0.2) is 9.84 Å². The van der Waals surface area contributed by atoms with Crippen molar-refractivity contribution in [3.8, 4) is 0 Å². The molecule has 2 N–H and O–H groups in total. The standard InChI is InChI=1S/C14H25N3O2S/c1-2-3-4-5-6-7-12-10-14(15)17(16-12)13-8-9-20(18,19)11-13/h10,13H,2-9,11,15H2,1H3. The lowest BCUT2D eigenvalue weighted by Crippen LogP contribution is -2.14. The van der Waals surface area contributed by atoms with Crippen molar-refractivity contribution in [1.29, 1.82) is 0 Å². The molecule has 1 aromatic heterocycles. The van der Waals surface area contributed by atoms with Crippen LogP contribution in [0.4, 0.5) is 5.82 Å². The predicted molar refractivity (Wildman–Crippen MR) is 81.4 cm³/mol. The molecular formula is C14H25N3O2S. The highest BCUT2D eigenvalue weighted by molar-refractivity contribution is 7.91. The molecule has 1 aromatic rings. The van der Waals surface area contributed by atoms with Crippen molar-refractivity contribution in [2.45, 2.75) is 57.9 Å². The molecule has 0 spiro atoms. The van der Waals surface area contributed by atoms with Crippen molar-refractivity contribution in [3.63, 3.8) is 0 Å². The van der Waals surface area contributed by atoms with E-state index in [1.807, 2.05) is 6.07 Å². The van der Waals surface area contributed by atoms with Gasteiger partial charge in [-0.3, -0.25) is 0 Å². The molecule has 1 unspecified atom stereocenters. The van der Waals surface area contributed by atoms with E-state index in [9.17, 15) is 8.42 Å². The van der Waals surface area contributed by atoms with Crippen LogP contribution in [-0.4, -0.2) is 29.7 Å². The highest BCUT2D eigenvalue weighted by atomic mass is 32.2. The van der Waals surface area contributed by atoms with Crippen molar-refractivity contribution in [3.05, 3.63) is 11.8 Å². The zero-order valence-corrected chi connectivity index (χ0v) is 13.0. The van der Waals surface area contributed by atoms with Gasteiger partial charge in [-0.05, 0) is 19.3 Å². The summed E-state index contributed by atoms with van der Waals surface area (Å²) >= 11 is 0. The van der Waals surface area contributed by atoms with Crippen LogP contribution in [0, 0.1) is 0 Å². The largest absolute Gasteiger partial charge is 0.384 e. The number of aromatic nitrogens is 2. The van der Waals surface area contributed by atoms with Gasteiger partial charge in [0, 0.05) is 6.07 Å². The molecule has 20 heavy (non-hydrogen) atoms. The molecule has 114 valence electrons. The Morgan fingerprint density at radius 3 is 2.75 bits per heavy atom. The van der Waals surface area contributed by atoms with Gasteiger partial charge in [-0.2, -0.15) is 5.10 Å². The summed E-state index contributed by atoms with van der Waals surface area (Å²) in [7, 11) is -2.89. The molecule has 2 heterocycles. The van der Waals surface area contributed by atoms with Crippen molar-refractivity contribution < 1.29 is 8.42 Å². The molecule has 1 saturated heterocycles. The first kappa shape index (κ1) is 15.4. The normalized spacial score (nSPS) is 21.4. The maximum absolute atomic E-state index is 11.5. The van der Waals surface area contributed by atoms with E-state index in [0.717, 1.165) is 18.5 Å². The second-order valence-corrected chi connectivity index (χ2v) is 7.95. The van der Waals surface area contributed by atoms with Crippen LogP contribution in [0.5, 0.6) is 0 Å². The van der Waals surface area contributed by atoms with E-state index in [1.54, 1.807) is 4.68 Å². The van der Waals surface area contributed by atoms with Crippen LogP contribution in [0.15, 0.2) is 6.07 Å². The van der Waals surface area contributed by atoms with Crippen LogP contribution in [0.3, 0.4) is 0 Å². The third-order valence-electron chi connectivity index (χ3n) is 3.91. The summed E-state index contributed by atoms with van der Waals surface area (Å²) in [4.78, 5) is 0. The van der Waals surface area contributed by atoms with E-state index in [2.05, 4.69) is 12.0 Å². The smallest absolute Gasteiger partial charge is 0.152 e. The molecule has 1 aliphatic rings. The first-order chi connectivity index (χ1) is 9.52. The summed E-state index contributed by atoms with van der Waals surface area (Å²) in [6.07, 6.45) is 7.71. The number of nitrogens with two attached hydrogens (primary N) is 1. The van der Waals surface area contributed by atoms with Gasteiger partial charge in [-0.25, -0.2) is 13.1 Å². The third kappa shape index (κ3) is 3.98. The Hall–Kier alpha value is -1.04. The van der Waals surface area contributed by atoms with Gasteiger partial charge in [0.25, 0.3) is 0 Å². The Morgan fingerprint density at radius 1 is 1.35 bits per heavy atom. The Kier molecular flexibility index (Phi) is 5.07. The minimum absolute atomic E-state index is 0.0751. The highest BCUT2D eigenvalue weighted by Crippen LogP contribution is 2.26. The van der Waals surface area contributed by atoms with Crippen LogP contribution in [0.1, 0.15) is 57.2 Å². The number of aryl methyl sites for hydroxylation is 1. The number of nitrogen functional groups attached to an aromatic ring is 1. The van der Waals surface area contributed by atoms with Crippen LogP contribution in [-0.2, 0) is 16.3 Å². The molecule has 0 aromatic carbocycles. The summed E-state index contributed by atoms with van der Waals surface area (Å²) in [5.41, 5.74) is 6.96. The molecule has 0 bridgehead atoms. The summed E-state index contributed by atoms with van der Waals surface area (Å²) in [6.45, 7) is 2.21. The van der Waals surface area contributed by atoms with Crippen molar-refractivity contribution >= 4 is 15.7 Å². The maximum atomic E-state index is 11.5. The van der Waals surface area contributed by atoms with E-state index in [-0.39, 0.29) is 17.5 Å². The zero-order valence-electron chi connectivity index (χ0n) is 12.2. The SMILES string of the molecule is CCCCCCCc1cc(N)n(C2CCS(=O)(=O)C2)n1. The van der Waals surface area contributed by atoms with Gasteiger partial charge in [0.1, 0.15) is 5.82 Å². The van der Waals surface area contributed by atoms with Gasteiger partial charge in [-0.15, -0.1) is 0 Å². The fourth-order valence-electron chi connectivity index (χ4n) is 2.75. The molecule has 0 amide bonds. The lowest BCUT2D eigenvalue weighted by molar-refractivity contribution is 0.499. The molecule has 2 rings (SSSR count). The van der Waals surface area contributed by atoms with Gasteiger partial charge in [-0.1, -0.05) is 32.6 Å². The molecule has 1 atom stereocenters. The molecule has 6 heteroatoms. The second-order valence-electron chi connectivity index (χ2n) is 5.73. The number of unbranched alkanes of at least 4 members (excludes halogenated alkanes) is 4. The number of sulfone groups is 1. The monoisotopic (exact) mass is 299 g/mol. The molecule has 1 fully saturated rings. The van der Waals surface area contributed by atoms with Gasteiger partial charge in [0.05, 0.1) is 23.2 Å². The second kappa shape index (κ2) is 6.61. The van der Waals surface area contributed by atoms with Gasteiger partial charge >= 0.3 is 0 Å². The zero-order chi connectivity index (χ0) is 14.6. The third-order valence-corrected chi connectivity index (χ3v) is 5.66. The average molecular weight is 299 g/mol. The quantitative estimate of drug-likeness (QED) is 0.784. The Bertz CT molecular complexity index is 537. The molecule has 0 aliphatic carbocycles. The molecular weight excluding hydrogens is 274 g/mol. The average Bonchev–Trinajstić information content (AvgIpc) is 2.92. The Balaban J connectivity index is 1.89. The number of anilines is 1. The van der Waals surface area contributed by atoms with E-state index < -0.39 is 9.84 Å². The van der Waals surface area contributed by atoms with Crippen molar-refractivity contribution in [2.75, 3.05) is 17.2 Å². The predicted octanol–water partition coefficient (Wildman–Crippen LogP) is 2.34. The van der Waals surface area contributed by atoms with E-state index in [0.29, 0.717) is 12.2 Å². The summed E-state index contributed by atoms with van der Waals surface area (Å²) in [5, 5.41) is 4.50. The fourth-order valence-corrected chi connectivity index (χ4v) is 4.45. The van der Waals surface area contributed by atoms with Crippen molar-refractivity contribution in [1.82, 2.24) is 9.78 Å². The van der Waals surface area contributed by atoms with E-state index in [4.69, 9.17) is 5.73 Å². The first-order valence-electron chi connectivity index (χ1n) is 7.56. The van der Waals surface area contributed by atoms with E-state index >= 15 is 0 Å². The van der Waals surface area contributed by atoms with E-state index in [1.165, 1.54) is 25.7 Å². The topological polar surface area (TPSA) is 78.0 Å². The lowest BCUT2D eigenvalue weighted by Gasteiger charge is -2.09. The number of hydrogen-bond acceptors (Lipinski definition) is 4. The molecule has 0 saturated carbocycles. The van der Waals surface area contributed by atoms with Gasteiger partial charge < -0.3 is 5.73 Å². The number of nitrogens with zero attached hydrogens (tertiary/aromatic N) is 2. The van der Waals surface area contributed by atoms with Crippen LogP contribution >= 0.6 is 0 Å². The van der Waals surface area contributed by atoms with Crippen LogP contribution in [0.25, 0.3) is 0 Å². The minimum Gasteiger partial charge on any atom is -0.384 e. The minimum atomic E-state index is -2.89. The molecule has 0 radical (unpaired) electrons. The Morgan fingerprint density at radius 2 is 2.10 bits per heavy atom. The summed E-state index contributed by atoms with van der Waals surface area (Å²) < 4.78 is 24.8. The van der Waals surface area contributed by atoms with Gasteiger partial charge in [0.2, 0.25) is 0 Å². The number of rotatable bonds is 7. The number of hydrogen-bond donors (Lipinski definition) is 1. The molecule has 1 aliphatic heterocycles. The summed E-state index contributed by atoms with van der Waals surface area (Å²) in [5.74, 6) is 1.02. The summed E-state index contributed by atoms with van der Waals surface area (Å²) in [6, 6.07) is 1.82. The molecule has 5 nitrogen and oxygen atoms in total. The fraction of sp³-hybridized carbons (Fsp3) is 0.786. The van der Waals surface area contributed by atoms with Crippen LogP contribution in [0.2, 0.25) is 0 Å². The lowest BCUT2D eigenvalue weighted by atomic mass is 10.1.